The number of aliphatic carboxylic acids is 1. The van der Waals surface area contributed by atoms with Crippen molar-refractivity contribution in [2.45, 2.75) is 94.6 Å². The molecule has 2 fully saturated rings. The summed E-state index contributed by atoms with van der Waals surface area (Å²) in [7, 11) is 1.06. The maximum absolute atomic E-state index is 12.5. The van der Waals surface area contributed by atoms with Crippen molar-refractivity contribution in [3.63, 3.8) is 0 Å². The Balaban J connectivity index is 1.40. The van der Waals surface area contributed by atoms with Crippen LogP contribution in [0, 0.1) is 0 Å². The molecule has 0 bridgehead atoms. The molecule has 0 saturated carbocycles. The first-order chi connectivity index (χ1) is 21.8. The van der Waals surface area contributed by atoms with E-state index in [1.54, 1.807) is 45.0 Å². The molecule has 5 atom stereocenters. The fraction of sp³-hybridized carbons (Fsp3) is 0.600. The number of hydrogen-bond acceptors (Lipinski definition) is 10. The maximum Gasteiger partial charge on any atom is 0.408 e. The van der Waals surface area contributed by atoms with Gasteiger partial charge in [-0.2, -0.15) is 11.8 Å². The van der Waals surface area contributed by atoms with E-state index in [2.05, 4.69) is 31.3 Å². The topological polar surface area (TPSA) is 210 Å². The lowest BCUT2D eigenvalue weighted by Gasteiger charge is -2.25. The van der Waals surface area contributed by atoms with Crippen molar-refractivity contribution in [2.24, 2.45) is 0 Å². The lowest BCUT2D eigenvalue weighted by molar-refractivity contribution is -0.163. The van der Waals surface area contributed by atoms with Gasteiger partial charge in [-0.25, -0.2) is 19.2 Å². The van der Waals surface area contributed by atoms with Crippen LogP contribution in [-0.4, -0.2) is 95.5 Å². The van der Waals surface area contributed by atoms with Crippen molar-refractivity contribution in [1.29, 1.82) is 0 Å². The van der Waals surface area contributed by atoms with E-state index >= 15 is 0 Å². The van der Waals surface area contributed by atoms with Gasteiger partial charge in [0.2, 0.25) is 11.8 Å². The minimum Gasteiger partial charge on any atom is -0.480 e. The van der Waals surface area contributed by atoms with E-state index in [1.165, 1.54) is 0 Å². The first-order valence-electron chi connectivity index (χ1n) is 15.0. The highest BCUT2D eigenvalue weighted by Gasteiger charge is 2.42. The first kappa shape index (κ1) is 36.4. The van der Waals surface area contributed by atoms with E-state index in [4.69, 9.17) is 9.47 Å². The fourth-order valence-corrected chi connectivity index (χ4v) is 6.49. The number of ether oxygens (including phenoxy) is 3. The summed E-state index contributed by atoms with van der Waals surface area (Å²) >= 11 is 1.84. The van der Waals surface area contributed by atoms with E-state index in [9.17, 15) is 33.9 Å². The summed E-state index contributed by atoms with van der Waals surface area (Å²) in [4.78, 5) is 72.7. The molecule has 2 heterocycles. The van der Waals surface area contributed by atoms with Crippen molar-refractivity contribution in [1.82, 2.24) is 21.3 Å². The smallest absolute Gasteiger partial charge is 0.408 e. The molecule has 1 aromatic rings. The second kappa shape index (κ2) is 17.0. The fourth-order valence-electron chi connectivity index (χ4n) is 4.94. The number of nitrogens with one attached hydrogen (secondary N) is 5. The number of thioether (sulfide) groups is 1. The van der Waals surface area contributed by atoms with Crippen molar-refractivity contribution < 1.29 is 48.1 Å². The number of methoxy groups -OCH3 is 1. The van der Waals surface area contributed by atoms with Gasteiger partial charge in [-0.15, -0.1) is 0 Å². The monoisotopic (exact) mass is 665 g/mol. The summed E-state index contributed by atoms with van der Waals surface area (Å²) in [5.41, 5.74) is 0.0221. The van der Waals surface area contributed by atoms with Gasteiger partial charge in [0, 0.05) is 36.1 Å². The van der Waals surface area contributed by atoms with E-state index in [1.807, 2.05) is 11.8 Å². The molecule has 254 valence electrons. The van der Waals surface area contributed by atoms with Gasteiger partial charge >= 0.3 is 24.1 Å². The molecule has 46 heavy (non-hydrogen) atoms. The zero-order chi connectivity index (χ0) is 33.9. The highest BCUT2D eigenvalue weighted by atomic mass is 32.2. The van der Waals surface area contributed by atoms with Crippen LogP contribution in [0.1, 0.15) is 58.4 Å². The maximum atomic E-state index is 12.5. The number of rotatable bonds is 16. The Bertz CT molecular complexity index is 1270. The number of urea groups is 1. The van der Waals surface area contributed by atoms with Crippen molar-refractivity contribution in [3.8, 4) is 0 Å². The number of carbonyl (C=O) groups excluding carboxylic acids is 5. The average molecular weight is 666 g/mol. The van der Waals surface area contributed by atoms with E-state index in [-0.39, 0.29) is 49.5 Å². The Hall–Kier alpha value is -4.05. The lowest BCUT2D eigenvalue weighted by atomic mass is 10.0. The minimum atomic E-state index is -1.80. The molecule has 16 heteroatoms. The van der Waals surface area contributed by atoms with Crippen LogP contribution in [0.4, 0.5) is 15.3 Å². The lowest BCUT2D eigenvalue weighted by Crippen LogP contribution is -2.54. The van der Waals surface area contributed by atoms with Gasteiger partial charge in [-0.05, 0) is 51.3 Å². The van der Waals surface area contributed by atoms with Crippen molar-refractivity contribution in [3.05, 3.63) is 29.8 Å². The van der Waals surface area contributed by atoms with Gasteiger partial charge in [-0.1, -0.05) is 18.6 Å². The molecule has 1 aromatic carbocycles. The number of carbonyl (C=O) groups is 6. The summed E-state index contributed by atoms with van der Waals surface area (Å²) < 4.78 is 15.4. The molecule has 0 radical (unpaired) electrons. The Kier molecular flexibility index (Phi) is 13.5. The Morgan fingerprint density at radius 3 is 2.54 bits per heavy atom. The van der Waals surface area contributed by atoms with Crippen LogP contribution >= 0.6 is 11.8 Å². The normalized spacial score (nSPS) is 19.9. The number of anilines is 1. The Labute approximate surface area is 271 Å². The number of carboxylic acids is 1. The highest BCUT2D eigenvalue weighted by molar-refractivity contribution is 8.00. The molecular weight excluding hydrogens is 622 g/mol. The van der Waals surface area contributed by atoms with Gasteiger partial charge in [0.1, 0.15) is 5.60 Å². The molecule has 5 amide bonds. The molecule has 6 N–H and O–H groups in total. The third-order valence-corrected chi connectivity index (χ3v) is 8.58. The number of unbranched alkanes of at least 4 members (excludes halogenated alkanes) is 1. The molecule has 15 nitrogen and oxygen atoms in total. The van der Waals surface area contributed by atoms with Gasteiger partial charge in [0.15, 0.2) is 12.1 Å². The molecule has 2 aliphatic heterocycles. The number of carboxylic acid groups (broad SMARTS) is 1. The van der Waals surface area contributed by atoms with Crippen LogP contribution in [-0.2, 0) is 40.0 Å². The van der Waals surface area contributed by atoms with Crippen molar-refractivity contribution in [2.75, 3.05) is 24.7 Å². The number of fused-ring (bicyclic) bond motifs is 1. The summed E-state index contributed by atoms with van der Waals surface area (Å²) in [5, 5.41) is 23.5. The van der Waals surface area contributed by atoms with Crippen LogP contribution in [0.3, 0.4) is 0 Å². The van der Waals surface area contributed by atoms with Crippen LogP contribution in [0.5, 0.6) is 0 Å². The predicted octanol–water partition coefficient (Wildman–Crippen LogP) is 1.89. The summed E-state index contributed by atoms with van der Waals surface area (Å²) in [5.74, 6) is -2.13. The van der Waals surface area contributed by atoms with E-state index in [0.29, 0.717) is 29.3 Å². The Morgan fingerprint density at radius 2 is 1.85 bits per heavy atom. The molecular formula is C30H43N5O10S. The number of amides is 5. The van der Waals surface area contributed by atoms with Gasteiger partial charge in [0.05, 0.1) is 25.8 Å². The van der Waals surface area contributed by atoms with Crippen LogP contribution < -0.4 is 26.6 Å². The van der Waals surface area contributed by atoms with E-state index < -0.39 is 35.8 Å². The standard InChI is InChI=1S/C30H43N5O10S/c1-30(2,3)45-29(42)35-24(26(38)39)25(27(40)43-4)44-15-17-8-7-9-18(14-17)32-22(37)12-13-31-21(36)11-6-5-10-20-23-19(16-46-20)33-28(41)34-23/h7-9,14,19-20,23-25H,5-6,10-13,15-16H2,1-4H3,(H,31,36)(H,32,37)(H,35,42)(H,38,39)(H2,33,34,41)/t19-,20-,23-,24-,25+/m0/s1. The number of esters is 1. The summed E-state index contributed by atoms with van der Waals surface area (Å²) in [6.45, 7) is 4.72. The zero-order valence-electron chi connectivity index (χ0n) is 26.4. The quantitative estimate of drug-likeness (QED) is 0.0853. The molecule has 0 unspecified atom stereocenters. The molecule has 0 spiro atoms. The van der Waals surface area contributed by atoms with E-state index in [0.717, 1.165) is 25.7 Å². The average Bonchev–Trinajstić information content (AvgIpc) is 3.52. The third kappa shape index (κ3) is 11.7. The molecule has 0 aromatic heterocycles. The number of benzene rings is 1. The second-order valence-corrected chi connectivity index (χ2v) is 13.2. The van der Waals surface area contributed by atoms with Crippen molar-refractivity contribution >= 4 is 53.3 Å². The summed E-state index contributed by atoms with van der Waals surface area (Å²) in [6, 6.07) is 4.92. The van der Waals surface area contributed by atoms with Gasteiger partial charge < -0.3 is 45.9 Å². The Morgan fingerprint density at radius 1 is 1.09 bits per heavy atom. The third-order valence-electron chi connectivity index (χ3n) is 7.07. The predicted molar refractivity (Wildman–Crippen MR) is 168 cm³/mol. The van der Waals surface area contributed by atoms with Gasteiger partial charge in [-0.3, -0.25) is 9.59 Å². The van der Waals surface area contributed by atoms with Crippen LogP contribution in [0.2, 0.25) is 0 Å². The molecule has 2 saturated heterocycles. The number of alkyl carbamates (subject to hydrolysis) is 1. The molecule has 3 rings (SSSR count). The first-order valence-corrected chi connectivity index (χ1v) is 16.1. The SMILES string of the molecule is COC(=O)[C@H](OCc1cccc(NC(=O)CCNC(=O)CCCC[C@@H]2SC[C@@H]3NC(=O)N[C@@H]32)c1)[C@H](NC(=O)OC(C)(C)C)C(=O)O. The van der Waals surface area contributed by atoms with Crippen LogP contribution in [0.15, 0.2) is 24.3 Å². The zero-order valence-corrected chi connectivity index (χ0v) is 27.2. The minimum absolute atomic E-state index is 0.0436. The summed E-state index contributed by atoms with van der Waals surface area (Å²) in [6.07, 6.45) is 0.142. The van der Waals surface area contributed by atoms with Crippen LogP contribution in [0.25, 0.3) is 0 Å². The molecule has 2 aliphatic rings. The largest absolute Gasteiger partial charge is 0.480 e. The molecule has 0 aliphatic carbocycles. The second-order valence-electron chi connectivity index (χ2n) is 11.9. The number of hydrogen-bond donors (Lipinski definition) is 6. The van der Waals surface area contributed by atoms with Gasteiger partial charge in [0.25, 0.3) is 0 Å². The highest BCUT2D eigenvalue weighted by Crippen LogP contribution is 2.33.